The van der Waals surface area contributed by atoms with E-state index in [-0.39, 0.29) is 0 Å². The monoisotopic (exact) mass is 98.1 g/mol. The molecule has 40 valence electrons. The number of ether oxygens (including phenoxy) is 1. The van der Waals surface area contributed by atoms with E-state index in [1.807, 2.05) is 0 Å². The minimum atomic E-state index is 0.361. The lowest BCUT2D eigenvalue weighted by Crippen LogP contribution is -1.99. The number of hydrogen-bond donors (Lipinski definition) is 0. The van der Waals surface area contributed by atoms with Gasteiger partial charge in [-0.3, -0.25) is 0 Å². The molecule has 0 spiro atoms. The summed E-state index contributed by atoms with van der Waals surface area (Å²) in [5, 5.41) is 0. The zero-order valence-corrected chi connectivity index (χ0v) is 4.61. The van der Waals surface area contributed by atoms with Gasteiger partial charge >= 0.3 is 0 Å². The second-order valence-electron chi connectivity index (χ2n) is 2.81. The van der Waals surface area contributed by atoms with Crippen LogP contribution in [0.5, 0.6) is 0 Å². The molecule has 1 heterocycles. The van der Waals surface area contributed by atoms with Crippen LogP contribution in [-0.2, 0) is 4.74 Å². The molecule has 0 radical (unpaired) electrons. The zero-order valence-electron chi connectivity index (χ0n) is 4.61. The van der Waals surface area contributed by atoms with Gasteiger partial charge in [0.05, 0.1) is 11.7 Å². The fourth-order valence-corrected chi connectivity index (χ4v) is 1.51. The van der Waals surface area contributed by atoms with Gasteiger partial charge in [0.2, 0.25) is 0 Å². The third kappa shape index (κ3) is 0.367. The van der Waals surface area contributed by atoms with Crippen LogP contribution in [0.2, 0.25) is 0 Å². The highest BCUT2D eigenvalue weighted by atomic mass is 16.6. The van der Waals surface area contributed by atoms with E-state index >= 15 is 0 Å². The molecule has 1 aliphatic heterocycles. The summed E-state index contributed by atoms with van der Waals surface area (Å²) in [7, 11) is 0. The molecule has 7 heavy (non-hydrogen) atoms. The van der Waals surface area contributed by atoms with E-state index in [1.165, 1.54) is 19.3 Å². The molecule has 1 nitrogen and oxygen atoms in total. The predicted octanol–water partition coefficient (Wildman–Crippen LogP) is 1.33. The average molecular weight is 98.1 g/mol. The molecule has 0 bridgehead atoms. The maximum atomic E-state index is 5.34. The quantitative estimate of drug-likeness (QED) is 0.416. The van der Waals surface area contributed by atoms with Gasteiger partial charge in [0, 0.05) is 0 Å². The molecule has 0 unspecified atom stereocenters. The Kier molecular flexibility index (Phi) is 0.487. The minimum absolute atomic E-state index is 0.361. The van der Waals surface area contributed by atoms with Gasteiger partial charge in [-0.2, -0.15) is 0 Å². The highest BCUT2D eigenvalue weighted by molar-refractivity contribution is 5.03. The van der Waals surface area contributed by atoms with Crippen molar-refractivity contribution in [2.45, 2.75) is 37.9 Å². The first-order valence-corrected chi connectivity index (χ1v) is 2.99. The fourth-order valence-electron chi connectivity index (χ4n) is 1.51. The van der Waals surface area contributed by atoms with Gasteiger partial charge in [-0.1, -0.05) is 0 Å². The van der Waals surface area contributed by atoms with Gasteiger partial charge in [-0.25, -0.2) is 0 Å². The Morgan fingerprint density at radius 2 is 2.57 bits per heavy atom. The summed E-state index contributed by atoms with van der Waals surface area (Å²) in [5.41, 5.74) is 0.361. The zero-order chi connectivity index (χ0) is 4.91. The molecule has 0 amide bonds. The maximum Gasteiger partial charge on any atom is 0.0920 e. The molecule has 1 heteroatoms. The third-order valence-corrected chi connectivity index (χ3v) is 2.17. The van der Waals surface area contributed by atoms with Crippen molar-refractivity contribution < 1.29 is 4.74 Å². The van der Waals surface area contributed by atoms with Crippen LogP contribution < -0.4 is 0 Å². The van der Waals surface area contributed by atoms with E-state index in [9.17, 15) is 0 Å². The molecule has 1 saturated carbocycles. The van der Waals surface area contributed by atoms with Crippen LogP contribution >= 0.6 is 0 Å². The van der Waals surface area contributed by atoms with Gasteiger partial charge in [0.1, 0.15) is 0 Å². The molecule has 2 aliphatic rings. The molecular weight excluding hydrogens is 88.1 g/mol. The SMILES string of the molecule is C[C@]12CCC[C@@H]1O2. The fraction of sp³-hybridized carbons (Fsp3) is 1.00. The lowest BCUT2D eigenvalue weighted by Gasteiger charge is -1.93. The van der Waals surface area contributed by atoms with Crippen molar-refractivity contribution in [1.82, 2.24) is 0 Å². The number of hydrogen-bond acceptors (Lipinski definition) is 1. The van der Waals surface area contributed by atoms with Crippen molar-refractivity contribution >= 4 is 0 Å². The van der Waals surface area contributed by atoms with E-state index < -0.39 is 0 Å². The first-order chi connectivity index (χ1) is 3.31. The largest absolute Gasteiger partial charge is 0.366 e. The van der Waals surface area contributed by atoms with Crippen molar-refractivity contribution in [3.8, 4) is 0 Å². The first-order valence-electron chi connectivity index (χ1n) is 2.99. The van der Waals surface area contributed by atoms with Crippen molar-refractivity contribution in [3.63, 3.8) is 0 Å². The highest BCUT2D eigenvalue weighted by Gasteiger charge is 2.55. The lowest BCUT2D eigenvalue weighted by molar-refractivity contribution is 0.265. The molecule has 0 aromatic carbocycles. The van der Waals surface area contributed by atoms with Gasteiger partial charge in [0.25, 0.3) is 0 Å². The van der Waals surface area contributed by atoms with Crippen LogP contribution in [0.15, 0.2) is 0 Å². The molecule has 2 rings (SSSR count). The van der Waals surface area contributed by atoms with E-state index in [2.05, 4.69) is 6.92 Å². The smallest absolute Gasteiger partial charge is 0.0920 e. The summed E-state index contributed by atoms with van der Waals surface area (Å²) in [6.07, 6.45) is 4.67. The van der Waals surface area contributed by atoms with Crippen molar-refractivity contribution in [3.05, 3.63) is 0 Å². The Morgan fingerprint density at radius 3 is 2.71 bits per heavy atom. The molecular formula is C6H10O. The first kappa shape index (κ1) is 3.90. The van der Waals surface area contributed by atoms with Gasteiger partial charge in [0.15, 0.2) is 0 Å². The van der Waals surface area contributed by atoms with Crippen LogP contribution in [0.25, 0.3) is 0 Å². The Hall–Kier alpha value is -0.0400. The van der Waals surface area contributed by atoms with Crippen molar-refractivity contribution in [2.24, 2.45) is 0 Å². The van der Waals surface area contributed by atoms with Crippen molar-refractivity contribution in [2.75, 3.05) is 0 Å². The van der Waals surface area contributed by atoms with Crippen molar-refractivity contribution in [1.29, 1.82) is 0 Å². The second kappa shape index (κ2) is 0.873. The maximum absolute atomic E-state index is 5.34. The number of rotatable bonds is 0. The topological polar surface area (TPSA) is 12.5 Å². The third-order valence-electron chi connectivity index (χ3n) is 2.17. The molecule has 2 atom stereocenters. The van der Waals surface area contributed by atoms with Gasteiger partial charge < -0.3 is 4.74 Å². The lowest BCUT2D eigenvalue weighted by atomic mass is 10.1. The Balaban J connectivity index is 2.17. The van der Waals surface area contributed by atoms with Crippen LogP contribution in [-0.4, -0.2) is 11.7 Å². The van der Waals surface area contributed by atoms with Crippen LogP contribution in [0.4, 0.5) is 0 Å². The second-order valence-corrected chi connectivity index (χ2v) is 2.81. The van der Waals surface area contributed by atoms with E-state index in [1.54, 1.807) is 0 Å². The molecule has 2 fully saturated rings. The molecule has 1 saturated heterocycles. The minimum Gasteiger partial charge on any atom is -0.366 e. The summed E-state index contributed by atoms with van der Waals surface area (Å²) in [6, 6.07) is 0. The van der Waals surface area contributed by atoms with Crippen LogP contribution in [0.3, 0.4) is 0 Å². The molecule has 0 N–H and O–H groups in total. The Morgan fingerprint density at radius 1 is 1.71 bits per heavy atom. The van der Waals surface area contributed by atoms with E-state index in [0.29, 0.717) is 11.7 Å². The normalized spacial score (nSPS) is 57.0. The Labute approximate surface area is 43.7 Å². The van der Waals surface area contributed by atoms with Crippen LogP contribution in [0, 0.1) is 0 Å². The standard InChI is InChI=1S/C6H10O/c1-6-4-2-3-5(6)7-6/h5H,2-4H2,1H3/t5-,6-/m0/s1. The summed E-state index contributed by atoms with van der Waals surface area (Å²) < 4.78 is 5.34. The Bertz CT molecular complexity index is 98.4. The number of epoxide rings is 1. The summed E-state index contributed by atoms with van der Waals surface area (Å²) >= 11 is 0. The molecule has 0 aromatic heterocycles. The van der Waals surface area contributed by atoms with Gasteiger partial charge in [-0.05, 0) is 26.2 Å². The van der Waals surface area contributed by atoms with Gasteiger partial charge in [-0.15, -0.1) is 0 Å². The average Bonchev–Trinajstić information content (AvgIpc) is 2.09. The number of fused-ring (bicyclic) bond motifs is 1. The van der Waals surface area contributed by atoms with Crippen LogP contribution in [0.1, 0.15) is 26.2 Å². The molecule has 0 aromatic rings. The summed E-state index contributed by atoms with van der Waals surface area (Å²) in [4.78, 5) is 0. The van der Waals surface area contributed by atoms with E-state index in [0.717, 1.165) is 0 Å². The summed E-state index contributed by atoms with van der Waals surface area (Å²) in [5.74, 6) is 0. The molecule has 1 aliphatic carbocycles. The highest BCUT2D eigenvalue weighted by Crippen LogP contribution is 2.49. The summed E-state index contributed by atoms with van der Waals surface area (Å²) in [6.45, 7) is 2.21. The van der Waals surface area contributed by atoms with E-state index in [4.69, 9.17) is 4.74 Å². The predicted molar refractivity (Wildman–Crippen MR) is 27.1 cm³/mol.